The Balaban J connectivity index is 2.28. The molecular weight excluding hydrogens is 278 g/mol. The summed E-state index contributed by atoms with van der Waals surface area (Å²) >= 11 is 5.86. The van der Waals surface area contributed by atoms with Crippen LogP contribution in [0.2, 0.25) is 5.02 Å². The Bertz CT molecular complexity index is 692. The highest BCUT2D eigenvalue weighted by atomic mass is 35.5. The predicted molar refractivity (Wildman–Crippen MR) is 74.1 cm³/mol. The largest absolute Gasteiger partial charge is 0.496 e. The molecule has 0 aliphatic carbocycles. The minimum atomic E-state index is -0.598. The van der Waals surface area contributed by atoms with Crippen LogP contribution in [0.4, 0.5) is 0 Å². The molecule has 0 fully saturated rings. The summed E-state index contributed by atoms with van der Waals surface area (Å²) in [5.41, 5.74) is 0.635. The predicted octanol–water partition coefficient (Wildman–Crippen LogP) is 3.44. The summed E-state index contributed by atoms with van der Waals surface area (Å²) in [6, 6.07) is 13.0. The molecule has 0 saturated carbocycles. The number of hydrogen-bond donors (Lipinski definition) is 0. The number of esters is 1. The maximum atomic E-state index is 12.1. The number of carbonyl (C=O) groups excluding carboxylic acids is 1. The number of carbonyl (C=O) groups is 1. The van der Waals surface area contributed by atoms with Crippen molar-refractivity contribution < 1.29 is 14.3 Å². The van der Waals surface area contributed by atoms with Crippen LogP contribution >= 0.6 is 11.6 Å². The first-order chi connectivity index (χ1) is 9.63. The number of ether oxygens (including phenoxy) is 2. The Morgan fingerprint density at radius 1 is 1.25 bits per heavy atom. The Labute approximate surface area is 121 Å². The van der Waals surface area contributed by atoms with E-state index in [2.05, 4.69) is 0 Å². The van der Waals surface area contributed by atoms with E-state index in [4.69, 9.17) is 26.3 Å². The Morgan fingerprint density at radius 2 is 2.05 bits per heavy atom. The second kappa shape index (κ2) is 6.09. The summed E-state index contributed by atoms with van der Waals surface area (Å²) in [5, 5.41) is 9.21. The highest BCUT2D eigenvalue weighted by molar-refractivity contribution is 6.31. The molecule has 0 bridgehead atoms. The van der Waals surface area contributed by atoms with Gasteiger partial charge in [0.1, 0.15) is 17.1 Å². The van der Waals surface area contributed by atoms with Crippen molar-refractivity contribution in [3.05, 3.63) is 58.6 Å². The number of nitrogens with zero attached hydrogens (tertiary/aromatic N) is 1. The van der Waals surface area contributed by atoms with Gasteiger partial charge in [-0.1, -0.05) is 17.7 Å². The number of halogens is 1. The van der Waals surface area contributed by atoms with Gasteiger partial charge in [0.2, 0.25) is 0 Å². The fraction of sp³-hybridized carbons (Fsp3) is 0.0667. The molecule has 5 heteroatoms. The topological polar surface area (TPSA) is 59.3 Å². The quantitative estimate of drug-likeness (QED) is 0.641. The Hall–Kier alpha value is -2.51. The number of nitriles is 1. The zero-order valence-electron chi connectivity index (χ0n) is 10.6. The maximum Gasteiger partial charge on any atom is 0.347 e. The molecule has 0 saturated heterocycles. The van der Waals surface area contributed by atoms with E-state index in [0.29, 0.717) is 16.3 Å². The van der Waals surface area contributed by atoms with E-state index in [0.717, 1.165) is 0 Å². The number of rotatable bonds is 3. The summed E-state index contributed by atoms with van der Waals surface area (Å²) < 4.78 is 10.3. The van der Waals surface area contributed by atoms with Crippen molar-refractivity contribution >= 4 is 17.6 Å². The van der Waals surface area contributed by atoms with Crippen LogP contribution in [-0.4, -0.2) is 13.1 Å². The van der Waals surface area contributed by atoms with Gasteiger partial charge in [-0.15, -0.1) is 0 Å². The lowest BCUT2D eigenvalue weighted by Gasteiger charge is -2.09. The van der Waals surface area contributed by atoms with E-state index < -0.39 is 5.97 Å². The molecule has 0 N–H and O–H groups in total. The van der Waals surface area contributed by atoms with Crippen molar-refractivity contribution in [1.29, 1.82) is 5.26 Å². The van der Waals surface area contributed by atoms with Gasteiger partial charge in [-0.05, 0) is 36.4 Å². The van der Waals surface area contributed by atoms with E-state index in [1.165, 1.54) is 19.2 Å². The molecule has 20 heavy (non-hydrogen) atoms. The molecular formula is C15H10ClNO3. The standard InChI is InChI=1S/C15H10ClNO3/c1-19-14-6-5-11(16)8-13(14)15(18)20-12-4-2-3-10(7-12)9-17/h2-8H,1H3. The van der Waals surface area contributed by atoms with Crippen molar-refractivity contribution in [1.82, 2.24) is 0 Å². The molecule has 0 amide bonds. The SMILES string of the molecule is COc1ccc(Cl)cc1C(=O)Oc1cccc(C#N)c1. The van der Waals surface area contributed by atoms with Gasteiger partial charge in [0.25, 0.3) is 0 Å². The molecule has 0 atom stereocenters. The van der Waals surface area contributed by atoms with Crippen LogP contribution in [0, 0.1) is 11.3 Å². The van der Waals surface area contributed by atoms with Gasteiger partial charge in [-0.2, -0.15) is 5.26 Å². The third kappa shape index (κ3) is 3.08. The van der Waals surface area contributed by atoms with E-state index >= 15 is 0 Å². The molecule has 0 aromatic heterocycles. The number of benzene rings is 2. The molecule has 2 rings (SSSR count). The molecule has 0 aliphatic rings. The van der Waals surface area contributed by atoms with Crippen LogP contribution in [0.3, 0.4) is 0 Å². The summed E-state index contributed by atoms with van der Waals surface area (Å²) in [4.78, 5) is 12.1. The van der Waals surface area contributed by atoms with E-state index in [9.17, 15) is 4.79 Å². The molecule has 2 aromatic rings. The fourth-order valence-corrected chi connectivity index (χ4v) is 1.80. The minimum absolute atomic E-state index is 0.224. The monoisotopic (exact) mass is 287 g/mol. The van der Waals surface area contributed by atoms with Crippen LogP contribution in [0.25, 0.3) is 0 Å². The summed E-state index contributed by atoms with van der Waals surface area (Å²) in [7, 11) is 1.45. The van der Waals surface area contributed by atoms with Gasteiger partial charge >= 0.3 is 5.97 Å². The van der Waals surface area contributed by atoms with Crippen molar-refractivity contribution in [3.8, 4) is 17.6 Å². The van der Waals surface area contributed by atoms with Crippen molar-refractivity contribution in [3.63, 3.8) is 0 Å². The van der Waals surface area contributed by atoms with Crippen LogP contribution in [0.5, 0.6) is 11.5 Å². The van der Waals surface area contributed by atoms with Crippen LogP contribution in [-0.2, 0) is 0 Å². The Morgan fingerprint density at radius 3 is 2.75 bits per heavy atom. The zero-order chi connectivity index (χ0) is 14.5. The first kappa shape index (κ1) is 13.9. The molecule has 100 valence electrons. The first-order valence-corrected chi connectivity index (χ1v) is 6.07. The van der Waals surface area contributed by atoms with Gasteiger partial charge in [0.15, 0.2) is 0 Å². The summed E-state index contributed by atoms with van der Waals surface area (Å²) in [5.74, 6) is 0.0614. The third-order valence-electron chi connectivity index (χ3n) is 2.56. The highest BCUT2D eigenvalue weighted by Crippen LogP contribution is 2.24. The molecule has 0 unspecified atom stereocenters. The van der Waals surface area contributed by atoms with Crippen molar-refractivity contribution in [2.24, 2.45) is 0 Å². The Kier molecular flexibility index (Phi) is 4.24. The van der Waals surface area contributed by atoms with Gasteiger partial charge in [0.05, 0.1) is 18.7 Å². The van der Waals surface area contributed by atoms with Gasteiger partial charge in [-0.25, -0.2) is 4.79 Å². The lowest BCUT2D eigenvalue weighted by molar-refractivity contribution is 0.0731. The maximum absolute atomic E-state index is 12.1. The zero-order valence-corrected chi connectivity index (χ0v) is 11.3. The normalized spacial score (nSPS) is 9.65. The van der Waals surface area contributed by atoms with Crippen molar-refractivity contribution in [2.75, 3.05) is 7.11 Å². The second-order valence-corrected chi connectivity index (χ2v) is 4.31. The molecule has 0 radical (unpaired) electrons. The smallest absolute Gasteiger partial charge is 0.347 e. The first-order valence-electron chi connectivity index (χ1n) is 5.70. The third-order valence-corrected chi connectivity index (χ3v) is 2.79. The average Bonchev–Trinajstić information content (AvgIpc) is 2.47. The fourth-order valence-electron chi connectivity index (χ4n) is 1.63. The lowest BCUT2D eigenvalue weighted by atomic mass is 10.2. The lowest BCUT2D eigenvalue weighted by Crippen LogP contribution is -2.10. The average molecular weight is 288 g/mol. The molecule has 4 nitrogen and oxygen atoms in total. The number of hydrogen-bond acceptors (Lipinski definition) is 4. The van der Waals surface area contributed by atoms with Gasteiger partial charge in [-0.3, -0.25) is 0 Å². The van der Waals surface area contributed by atoms with E-state index in [1.54, 1.807) is 30.3 Å². The van der Waals surface area contributed by atoms with E-state index in [1.807, 2.05) is 6.07 Å². The molecule has 0 spiro atoms. The van der Waals surface area contributed by atoms with Gasteiger partial charge < -0.3 is 9.47 Å². The second-order valence-electron chi connectivity index (χ2n) is 3.87. The minimum Gasteiger partial charge on any atom is -0.496 e. The van der Waals surface area contributed by atoms with Gasteiger partial charge in [0, 0.05) is 5.02 Å². The molecule has 2 aromatic carbocycles. The van der Waals surface area contributed by atoms with E-state index in [-0.39, 0.29) is 11.3 Å². The number of methoxy groups -OCH3 is 1. The molecule has 0 aliphatic heterocycles. The summed E-state index contributed by atoms with van der Waals surface area (Å²) in [6.07, 6.45) is 0. The molecule has 0 heterocycles. The van der Waals surface area contributed by atoms with Crippen LogP contribution in [0.1, 0.15) is 15.9 Å². The van der Waals surface area contributed by atoms with Crippen molar-refractivity contribution in [2.45, 2.75) is 0 Å². The van der Waals surface area contributed by atoms with Crippen LogP contribution < -0.4 is 9.47 Å². The van der Waals surface area contributed by atoms with Crippen LogP contribution in [0.15, 0.2) is 42.5 Å². The summed E-state index contributed by atoms with van der Waals surface area (Å²) in [6.45, 7) is 0. The highest BCUT2D eigenvalue weighted by Gasteiger charge is 2.15.